The summed E-state index contributed by atoms with van der Waals surface area (Å²) in [6.45, 7) is 3.39. The Kier molecular flexibility index (Phi) is 10.8. The first-order chi connectivity index (χ1) is 18.2. The summed E-state index contributed by atoms with van der Waals surface area (Å²) in [5, 5.41) is 52.6. The number of hydrogen-bond donors (Lipinski definition) is 6. The highest BCUT2D eigenvalue weighted by molar-refractivity contribution is 5.89. The summed E-state index contributed by atoms with van der Waals surface area (Å²) in [5.41, 5.74) is 1.04. The Morgan fingerprint density at radius 3 is 2.45 bits per heavy atom. The molecule has 2 aliphatic heterocycles. The first-order valence-electron chi connectivity index (χ1n) is 12.2. The molecule has 3 rings (SSSR count). The van der Waals surface area contributed by atoms with Gasteiger partial charge in [-0.25, -0.2) is 4.79 Å². The smallest absolute Gasteiger partial charge is 0.337 e. The predicted molar refractivity (Wildman–Crippen MR) is 131 cm³/mol. The highest BCUT2D eigenvalue weighted by atomic mass is 16.8. The number of aliphatic hydroxyl groups excluding tert-OH is 4. The molecule has 12 nitrogen and oxygen atoms in total. The summed E-state index contributed by atoms with van der Waals surface area (Å²) in [4.78, 5) is 24.3. The molecule has 0 spiro atoms. The molecule has 1 fully saturated rings. The van der Waals surface area contributed by atoms with Crippen LogP contribution in [0.1, 0.15) is 12.0 Å². The minimum Gasteiger partial charge on any atom is -0.480 e. The number of aliphatic hydroxyl groups is 4. The van der Waals surface area contributed by atoms with Crippen molar-refractivity contribution in [3.63, 3.8) is 0 Å². The highest BCUT2D eigenvalue weighted by Crippen LogP contribution is 2.36. The van der Waals surface area contributed by atoms with Crippen LogP contribution >= 0.6 is 0 Å². The number of ether oxygens (including phenoxy) is 4. The van der Waals surface area contributed by atoms with Gasteiger partial charge in [0.1, 0.15) is 30.5 Å². The van der Waals surface area contributed by atoms with E-state index >= 15 is 0 Å². The van der Waals surface area contributed by atoms with E-state index in [2.05, 4.69) is 11.9 Å². The summed E-state index contributed by atoms with van der Waals surface area (Å²) in [6, 6.07) is 8.30. The van der Waals surface area contributed by atoms with Crippen molar-refractivity contribution in [3.05, 3.63) is 60.4 Å². The molecule has 38 heavy (non-hydrogen) atoms. The van der Waals surface area contributed by atoms with Crippen molar-refractivity contribution in [3.8, 4) is 0 Å². The predicted octanol–water partition coefficient (Wildman–Crippen LogP) is -0.690. The Bertz CT molecular complexity index is 969. The molecule has 0 bridgehead atoms. The van der Waals surface area contributed by atoms with Gasteiger partial charge in [0.2, 0.25) is 6.29 Å². The summed E-state index contributed by atoms with van der Waals surface area (Å²) >= 11 is 0. The van der Waals surface area contributed by atoms with Crippen LogP contribution in [0.2, 0.25) is 0 Å². The lowest BCUT2D eigenvalue weighted by Crippen LogP contribution is -2.60. The average Bonchev–Trinajstić information content (AvgIpc) is 2.92. The maximum Gasteiger partial charge on any atom is 0.337 e. The Labute approximate surface area is 220 Å². The molecule has 0 aliphatic carbocycles. The maximum absolute atomic E-state index is 12.5. The van der Waals surface area contributed by atoms with Crippen molar-refractivity contribution >= 4 is 11.9 Å². The van der Waals surface area contributed by atoms with Crippen LogP contribution < -0.4 is 5.32 Å². The number of carboxylic acids is 1. The fraction of sp³-hybridized carbons (Fsp3) is 0.538. The molecule has 2 heterocycles. The molecule has 0 radical (unpaired) electrons. The number of rotatable bonds is 12. The first kappa shape index (κ1) is 29.7. The van der Waals surface area contributed by atoms with Crippen molar-refractivity contribution in [2.24, 2.45) is 11.8 Å². The van der Waals surface area contributed by atoms with E-state index in [0.29, 0.717) is 0 Å². The number of carbonyl (C=O) groups is 2. The van der Waals surface area contributed by atoms with Gasteiger partial charge in [0, 0.05) is 11.8 Å². The van der Waals surface area contributed by atoms with Crippen molar-refractivity contribution in [2.75, 3.05) is 20.3 Å². The van der Waals surface area contributed by atoms with Crippen LogP contribution in [0.5, 0.6) is 0 Å². The van der Waals surface area contributed by atoms with E-state index in [1.165, 1.54) is 19.4 Å². The molecule has 210 valence electrons. The summed E-state index contributed by atoms with van der Waals surface area (Å²) in [7, 11) is 1.22. The fourth-order valence-corrected chi connectivity index (χ4v) is 4.60. The Morgan fingerprint density at radius 2 is 1.84 bits per heavy atom. The summed E-state index contributed by atoms with van der Waals surface area (Å²) in [5.74, 6) is -2.93. The van der Waals surface area contributed by atoms with Crippen LogP contribution in [-0.4, -0.2) is 101 Å². The molecule has 9 atom stereocenters. The van der Waals surface area contributed by atoms with Gasteiger partial charge >= 0.3 is 11.9 Å². The monoisotopic (exact) mass is 537 g/mol. The topological polar surface area (TPSA) is 184 Å². The molecule has 2 aliphatic rings. The zero-order chi connectivity index (χ0) is 27.8. The zero-order valence-corrected chi connectivity index (χ0v) is 21.0. The highest BCUT2D eigenvalue weighted by Gasteiger charge is 2.47. The van der Waals surface area contributed by atoms with Gasteiger partial charge < -0.3 is 49.8 Å². The van der Waals surface area contributed by atoms with Gasteiger partial charge in [-0.3, -0.25) is 4.79 Å². The number of aliphatic carboxylic acids is 1. The summed E-state index contributed by atoms with van der Waals surface area (Å²) in [6.07, 6.45) is -5.43. The van der Waals surface area contributed by atoms with E-state index in [0.717, 1.165) is 5.56 Å². The van der Waals surface area contributed by atoms with Gasteiger partial charge in [-0.05, 0) is 24.9 Å². The first-order valence-corrected chi connectivity index (χ1v) is 12.2. The van der Waals surface area contributed by atoms with Crippen LogP contribution in [0.25, 0.3) is 0 Å². The number of hydrogen-bond acceptors (Lipinski definition) is 11. The van der Waals surface area contributed by atoms with E-state index in [4.69, 9.17) is 18.9 Å². The number of methoxy groups -OCH3 is 1. The Hall–Kier alpha value is -2.84. The van der Waals surface area contributed by atoms with Gasteiger partial charge in [-0.15, -0.1) is 6.58 Å². The van der Waals surface area contributed by atoms with E-state index in [1.807, 2.05) is 30.3 Å². The van der Waals surface area contributed by atoms with Crippen molar-refractivity contribution < 1.29 is 54.1 Å². The summed E-state index contributed by atoms with van der Waals surface area (Å²) < 4.78 is 21.7. The fourth-order valence-electron chi connectivity index (χ4n) is 4.60. The molecule has 1 saturated heterocycles. The van der Waals surface area contributed by atoms with Crippen molar-refractivity contribution in [1.29, 1.82) is 0 Å². The normalized spacial score (nSPS) is 32.0. The third kappa shape index (κ3) is 6.97. The van der Waals surface area contributed by atoms with E-state index in [1.54, 1.807) is 0 Å². The maximum atomic E-state index is 12.5. The van der Waals surface area contributed by atoms with E-state index in [-0.39, 0.29) is 25.0 Å². The van der Waals surface area contributed by atoms with Crippen molar-refractivity contribution in [2.45, 2.75) is 55.9 Å². The molecule has 1 aromatic rings. The van der Waals surface area contributed by atoms with E-state index < -0.39 is 73.4 Å². The van der Waals surface area contributed by atoms with Gasteiger partial charge in [-0.2, -0.15) is 0 Å². The van der Waals surface area contributed by atoms with Crippen LogP contribution in [0.3, 0.4) is 0 Å². The van der Waals surface area contributed by atoms with Gasteiger partial charge in [0.25, 0.3) is 0 Å². The molecule has 6 N–H and O–H groups in total. The second kappa shape index (κ2) is 13.8. The minimum atomic E-state index is -1.65. The Balaban J connectivity index is 1.73. The lowest BCUT2D eigenvalue weighted by molar-refractivity contribution is -0.339. The van der Waals surface area contributed by atoms with Crippen LogP contribution in [0, 0.1) is 11.8 Å². The number of carboxylic acid groups (broad SMARTS) is 1. The third-order valence-corrected chi connectivity index (χ3v) is 6.74. The molecule has 0 aromatic heterocycles. The quantitative estimate of drug-likeness (QED) is 0.146. The standard InChI is InChI=1S/C26H35NO11/c1-3-15-16(9-10-27-18(23(32)33)11-14-7-5-4-6-8-14)17(24(34)35-2)13-36-25(15)38-26-22(31)21(30)20(29)19(12-28)37-26/h3-8,13,15-16,18-22,25-31H,1,9-12H2,2H3,(H,32,33)/t15-,16+,18+,19-,20-,21+,22-,25+,26+/m1/s1. The van der Waals surface area contributed by atoms with Gasteiger partial charge in [0.15, 0.2) is 6.29 Å². The minimum absolute atomic E-state index is 0.183. The molecule has 0 saturated carbocycles. The average molecular weight is 538 g/mol. The molecule has 12 heteroatoms. The van der Waals surface area contributed by atoms with Crippen LogP contribution in [-0.2, 0) is 35.0 Å². The second-order valence-electron chi connectivity index (χ2n) is 9.15. The van der Waals surface area contributed by atoms with Gasteiger partial charge in [0.05, 0.1) is 25.6 Å². The molecular formula is C26H35NO11. The molecule has 1 aromatic carbocycles. The number of carbonyl (C=O) groups excluding carboxylic acids is 1. The lowest BCUT2D eigenvalue weighted by atomic mass is 9.81. The van der Waals surface area contributed by atoms with Crippen molar-refractivity contribution in [1.82, 2.24) is 5.32 Å². The molecule has 0 unspecified atom stereocenters. The Morgan fingerprint density at radius 1 is 1.13 bits per heavy atom. The SMILES string of the molecule is C=C[C@H]1[C@H](O[C@@H]2O[C@H](CO)[C@@H](O)[C@H](O)[C@H]2O)OC=C(C(=O)OC)[C@H]1CCN[C@@H](Cc1ccccc1)C(=O)O. The zero-order valence-electron chi connectivity index (χ0n) is 21.0. The lowest BCUT2D eigenvalue weighted by Gasteiger charge is -2.43. The second-order valence-corrected chi connectivity index (χ2v) is 9.15. The van der Waals surface area contributed by atoms with Gasteiger partial charge in [-0.1, -0.05) is 36.4 Å². The third-order valence-electron chi connectivity index (χ3n) is 6.74. The molecular weight excluding hydrogens is 502 g/mol. The molecule has 0 amide bonds. The number of nitrogens with one attached hydrogen (secondary N) is 1. The largest absolute Gasteiger partial charge is 0.480 e. The van der Waals surface area contributed by atoms with Crippen LogP contribution in [0.4, 0.5) is 0 Å². The van der Waals surface area contributed by atoms with E-state index in [9.17, 15) is 35.1 Å². The number of benzene rings is 1. The number of esters is 1. The van der Waals surface area contributed by atoms with Crippen LogP contribution in [0.15, 0.2) is 54.8 Å².